The molecule has 1 N–H and O–H groups in total. The summed E-state index contributed by atoms with van der Waals surface area (Å²) in [6.45, 7) is 3.16. The Morgan fingerprint density at radius 2 is 2.00 bits per heavy atom. The van der Waals surface area contributed by atoms with E-state index in [4.69, 9.17) is 4.74 Å². The molecule has 0 saturated heterocycles. The Hall–Kier alpha value is -2.47. The summed E-state index contributed by atoms with van der Waals surface area (Å²) < 4.78 is 19.3. The summed E-state index contributed by atoms with van der Waals surface area (Å²) in [4.78, 5) is 10.4. The van der Waals surface area contributed by atoms with E-state index in [1.54, 1.807) is 13.0 Å². The highest BCUT2D eigenvalue weighted by Gasteiger charge is 2.20. The summed E-state index contributed by atoms with van der Waals surface area (Å²) >= 11 is 0. The van der Waals surface area contributed by atoms with Crippen molar-refractivity contribution in [1.29, 1.82) is 0 Å². The molecule has 0 fully saturated rings. The Morgan fingerprint density at radius 1 is 1.29 bits per heavy atom. The van der Waals surface area contributed by atoms with Crippen molar-refractivity contribution in [2.24, 2.45) is 0 Å². The summed E-state index contributed by atoms with van der Waals surface area (Å²) in [7, 11) is 0. The highest BCUT2D eigenvalue weighted by molar-refractivity contribution is 5.51. The molecule has 21 heavy (non-hydrogen) atoms. The summed E-state index contributed by atoms with van der Waals surface area (Å²) in [5.41, 5.74) is 0.514. The molecule has 0 amide bonds. The fourth-order valence-corrected chi connectivity index (χ4v) is 1.98. The van der Waals surface area contributed by atoms with Gasteiger partial charge in [-0.3, -0.25) is 10.1 Å². The van der Waals surface area contributed by atoms with E-state index in [0.29, 0.717) is 0 Å². The van der Waals surface area contributed by atoms with Gasteiger partial charge >= 0.3 is 5.69 Å². The van der Waals surface area contributed by atoms with Gasteiger partial charge in [-0.15, -0.1) is 0 Å². The molecule has 2 rings (SSSR count). The molecule has 0 heterocycles. The first-order valence-corrected chi connectivity index (χ1v) is 6.29. The molecular formula is C15H14FNO4. The minimum absolute atomic E-state index is 0.00694. The predicted octanol–water partition coefficient (Wildman–Crippen LogP) is 3.89. The molecule has 0 saturated carbocycles. The Bertz CT molecular complexity index is 685. The zero-order valence-corrected chi connectivity index (χ0v) is 11.5. The first-order valence-electron chi connectivity index (χ1n) is 6.29. The lowest BCUT2D eigenvalue weighted by Gasteiger charge is -2.14. The van der Waals surface area contributed by atoms with E-state index in [2.05, 4.69) is 0 Å². The molecule has 0 radical (unpaired) electrons. The number of aryl methyl sites for hydroxylation is 1. The van der Waals surface area contributed by atoms with Gasteiger partial charge in [-0.2, -0.15) is 0 Å². The molecule has 2 aromatic rings. The predicted molar refractivity (Wildman–Crippen MR) is 74.9 cm³/mol. The van der Waals surface area contributed by atoms with Crippen LogP contribution in [-0.2, 0) is 0 Å². The highest BCUT2D eigenvalue weighted by Crippen LogP contribution is 2.36. The van der Waals surface area contributed by atoms with Crippen molar-refractivity contribution in [2.75, 3.05) is 0 Å². The maximum Gasteiger partial charge on any atom is 0.311 e. The number of hydrogen-bond acceptors (Lipinski definition) is 4. The lowest BCUT2D eigenvalue weighted by molar-refractivity contribution is -0.385. The Balaban J connectivity index is 2.50. The Morgan fingerprint density at radius 3 is 2.62 bits per heavy atom. The van der Waals surface area contributed by atoms with Gasteiger partial charge in [-0.05, 0) is 37.6 Å². The van der Waals surface area contributed by atoms with E-state index >= 15 is 0 Å². The van der Waals surface area contributed by atoms with Crippen LogP contribution < -0.4 is 4.74 Å². The molecular weight excluding hydrogens is 277 g/mol. The van der Waals surface area contributed by atoms with Gasteiger partial charge < -0.3 is 9.84 Å². The Kier molecular flexibility index (Phi) is 4.18. The van der Waals surface area contributed by atoms with Crippen LogP contribution >= 0.6 is 0 Å². The number of nitro groups is 1. The number of benzene rings is 2. The average molecular weight is 291 g/mol. The molecule has 5 nitrogen and oxygen atoms in total. The number of halogens is 1. The fraction of sp³-hybridized carbons (Fsp3) is 0.200. The molecule has 2 aromatic carbocycles. The van der Waals surface area contributed by atoms with Crippen molar-refractivity contribution < 1.29 is 19.2 Å². The van der Waals surface area contributed by atoms with Crippen molar-refractivity contribution in [3.8, 4) is 11.5 Å². The number of ether oxygens (including phenoxy) is 1. The molecule has 0 aliphatic heterocycles. The normalized spacial score (nSPS) is 12.0. The van der Waals surface area contributed by atoms with Crippen molar-refractivity contribution in [3.63, 3.8) is 0 Å². The number of rotatable bonds is 4. The SMILES string of the molecule is Cc1ccc([N+](=O)[O-])c(Oc2cccc(F)c2[C@@H](C)O)c1. The average Bonchev–Trinajstić information content (AvgIpc) is 2.37. The van der Waals surface area contributed by atoms with Crippen molar-refractivity contribution in [2.45, 2.75) is 20.0 Å². The molecule has 0 aliphatic carbocycles. The molecule has 0 aliphatic rings. The lowest BCUT2D eigenvalue weighted by Crippen LogP contribution is -2.01. The van der Waals surface area contributed by atoms with Gasteiger partial charge in [0.05, 0.1) is 16.6 Å². The summed E-state index contributed by atoms with van der Waals surface area (Å²) in [6, 6.07) is 8.47. The lowest BCUT2D eigenvalue weighted by atomic mass is 10.1. The van der Waals surface area contributed by atoms with Crippen LogP contribution in [0.4, 0.5) is 10.1 Å². The fourth-order valence-electron chi connectivity index (χ4n) is 1.98. The van der Waals surface area contributed by atoms with E-state index in [9.17, 15) is 19.6 Å². The van der Waals surface area contributed by atoms with Crippen LogP contribution in [0.1, 0.15) is 24.2 Å². The molecule has 0 bridgehead atoms. The van der Waals surface area contributed by atoms with Crippen molar-refractivity contribution in [1.82, 2.24) is 0 Å². The molecule has 0 spiro atoms. The molecule has 0 aromatic heterocycles. The van der Waals surface area contributed by atoms with Gasteiger partial charge in [0.1, 0.15) is 11.6 Å². The Labute approximate surface area is 120 Å². The minimum atomic E-state index is -1.09. The molecule has 110 valence electrons. The van der Waals surface area contributed by atoms with Crippen LogP contribution in [0.2, 0.25) is 0 Å². The quantitative estimate of drug-likeness (QED) is 0.685. The van der Waals surface area contributed by atoms with Crippen LogP contribution in [0.3, 0.4) is 0 Å². The second-order valence-electron chi connectivity index (χ2n) is 4.66. The maximum atomic E-state index is 13.8. The number of nitrogens with zero attached hydrogens (tertiary/aromatic N) is 1. The summed E-state index contributed by atoms with van der Waals surface area (Å²) in [5.74, 6) is -0.566. The van der Waals surface area contributed by atoms with Gasteiger partial charge in [0.2, 0.25) is 5.75 Å². The largest absolute Gasteiger partial charge is 0.450 e. The van der Waals surface area contributed by atoms with Crippen LogP contribution in [0.15, 0.2) is 36.4 Å². The van der Waals surface area contributed by atoms with E-state index in [-0.39, 0.29) is 22.7 Å². The third-order valence-electron chi connectivity index (χ3n) is 2.96. The molecule has 0 unspecified atom stereocenters. The number of nitro benzene ring substituents is 1. The van der Waals surface area contributed by atoms with Gasteiger partial charge in [-0.1, -0.05) is 12.1 Å². The standard InChI is InChI=1S/C15H14FNO4/c1-9-6-7-12(17(19)20)14(8-9)21-13-5-3-4-11(16)15(13)10(2)18/h3-8,10,18H,1-2H3/t10-/m1/s1. The summed E-state index contributed by atoms with van der Waals surface area (Å²) in [6.07, 6.45) is -1.09. The first-order chi connectivity index (χ1) is 9.90. The smallest absolute Gasteiger partial charge is 0.311 e. The van der Waals surface area contributed by atoms with E-state index in [1.165, 1.54) is 37.3 Å². The first kappa shape index (κ1) is 14.9. The van der Waals surface area contributed by atoms with Gasteiger partial charge in [-0.25, -0.2) is 4.39 Å². The van der Waals surface area contributed by atoms with Crippen LogP contribution in [0, 0.1) is 22.9 Å². The van der Waals surface area contributed by atoms with Crippen LogP contribution in [0.25, 0.3) is 0 Å². The van der Waals surface area contributed by atoms with E-state index in [0.717, 1.165) is 5.56 Å². The van der Waals surface area contributed by atoms with Gasteiger partial charge in [0.25, 0.3) is 0 Å². The van der Waals surface area contributed by atoms with Crippen LogP contribution in [-0.4, -0.2) is 10.0 Å². The van der Waals surface area contributed by atoms with E-state index in [1.807, 2.05) is 0 Å². The number of hydrogen-bond donors (Lipinski definition) is 1. The van der Waals surface area contributed by atoms with E-state index < -0.39 is 16.8 Å². The monoisotopic (exact) mass is 291 g/mol. The van der Waals surface area contributed by atoms with Gasteiger partial charge in [0.15, 0.2) is 0 Å². The second-order valence-corrected chi connectivity index (χ2v) is 4.66. The van der Waals surface area contributed by atoms with Crippen molar-refractivity contribution >= 4 is 5.69 Å². The summed E-state index contributed by atoms with van der Waals surface area (Å²) in [5, 5.41) is 20.7. The minimum Gasteiger partial charge on any atom is -0.450 e. The maximum absolute atomic E-state index is 13.8. The van der Waals surface area contributed by atoms with Crippen molar-refractivity contribution in [3.05, 3.63) is 63.5 Å². The zero-order valence-electron chi connectivity index (χ0n) is 11.5. The number of aliphatic hydroxyl groups excluding tert-OH is 1. The third-order valence-corrected chi connectivity index (χ3v) is 2.96. The third kappa shape index (κ3) is 3.17. The highest BCUT2D eigenvalue weighted by atomic mass is 19.1. The van der Waals surface area contributed by atoms with Gasteiger partial charge in [0, 0.05) is 6.07 Å². The second kappa shape index (κ2) is 5.88. The number of aliphatic hydroxyl groups is 1. The molecule has 6 heteroatoms. The molecule has 1 atom stereocenters. The topological polar surface area (TPSA) is 72.6 Å². The zero-order chi connectivity index (χ0) is 15.6. The van der Waals surface area contributed by atoms with Crippen LogP contribution in [0.5, 0.6) is 11.5 Å².